The fraction of sp³-hybridized carbons (Fsp3) is 0.167. The highest BCUT2D eigenvalue weighted by atomic mass is 79.9. The molecule has 0 unspecified atom stereocenters. The standard InChI is InChI=1S/C12H9BrClF2NO2S2/c13-12-10(14)6-11(20-12)21(18,19)17-2-1-7-3-8(15)5-9(16)4-7/h3-6,17H,1-2H2. The lowest BCUT2D eigenvalue weighted by molar-refractivity contribution is 0.577. The molecule has 9 heteroatoms. The maximum atomic E-state index is 13.0. The van der Waals surface area contributed by atoms with E-state index in [-0.39, 0.29) is 17.2 Å². The smallest absolute Gasteiger partial charge is 0.210 e. The molecule has 3 nitrogen and oxygen atoms in total. The van der Waals surface area contributed by atoms with E-state index >= 15 is 0 Å². The molecule has 2 aromatic rings. The Kier molecular flexibility index (Phi) is 5.37. The number of sulfonamides is 1. The van der Waals surface area contributed by atoms with Gasteiger partial charge in [-0.2, -0.15) is 0 Å². The quantitative estimate of drug-likeness (QED) is 0.802. The molecule has 0 bridgehead atoms. The topological polar surface area (TPSA) is 46.2 Å². The van der Waals surface area contributed by atoms with Crippen LogP contribution in [0.5, 0.6) is 0 Å². The van der Waals surface area contributed by atoms with Gasteiger partial charge in [0.05, 0.1) is 8.81 Å². The van der Waals surface area contributed by atoms with Crippen molar-refractivity contribution in [3.05, 3.63) is 50.3 Å². The molecule has 1 aromatic heterocycles. The third-order valence-corrected chi connectivity index (χ3v) is 6.92. The van der Waals surface area contributed by atoms with Gasteiger partial charge in [0.15, 0.2) is 0 Å². The van der Waals surface area contributed by atoms with Crippen molar-refractivity contribution in [3.8, 4) is 0 Å². The van der Waals surface area contributed by atoms with Gasteiger partial charge in [-0.15, -0.1) is 11.3 Å². The van der Waals surface area contributed by atoms with Crippen LogP contribution in [0, 0.1) is 11.6 Å². The lowest BCUT2D eigenvalue weighted by atomic mass is 10.1. The van der Waals surface area contributed by atoms with Gasteiger partial charge < -0.3 is 0 Å². The van der Waals surface area contributed by atoms with Crippen LogP contribution in [0.15, 0.2) is 32.3 Å². The fourth-order valence-corrected chi connectivity index (χ4v) is 5.09. The Hall–Kier alpha value is -0.540. The van der Waals surface area contributed by atoms with E-state index < -0.39 is 21.7 Å². The summed E-state index contributed by atoms with van der Waals surface area (Å²) in [5.74, 6) is -1.39. The van der Waals surface area contributed by atoms with Gasteiger partial charge in [0.25, 0.3) is 0 Å². The number of hydrogen-bond acceptors (Lipinski definition) is 3. The lowest BCUT2D eigenvalue weighted by Crippen LogP contribution is -2.25. The number of hydrogen-bond donors (Lipinski definition) is 1. The molecule has 0 saturated heterocycles. The number of halogens is 4. The van der Waals surface area contributed by atoms with Gasteiger partial charge >= 0.3 is 0 Å². The molecule has 0 aliphatic rings. The molecule has 0 aliphatic carbocycles. The van der Waals surface area contributed by atoms with Crippen LogP contribution in [0.2, 0.25) is 5.02 Å². The SMILES string of the molecule is O=S(=O)(NCCc1cc(F)cc(F)c1)c1cc(Cl)c(Br)s1. The highest BCUT2D eigenvalue weighted by Gasteiger charge is 2.18. The van der Waals surface area contributed by atoms with Crippen molar-refractivity contribution < 1.29 is 17.2 Å². The Morgan fingerprint density at radius 1 is 1.19 bits per heavy atom. The Bertz CT molecular complexity index is 725. The fourth-order valence-electron chi connectivity index (χ4n) is 1.62. The number of thiophene rings is 1. The van der Waals surface area contributed by atoms with Crippen LogP contribution >= 0.6 is 38.9 Å². The van der Waals surface area contributed by atoms with Crippen molar-refractivity contribution >= 4 is 48.9 Å². The predicted octanol–water partition coefficient (Wildman–Crippen LogP) is 3.96. The molecule has 0 aliphatic heterocycles. The Morgan fingerprint density at radius 2 is 1.81 bits per heavy atom. The molecular formula is C12H9BrClF2NO2S2. The molecule has 0 saturated carbocycles. The first-order valence-corrected chi connectivity index (χ1v) is 9.14. The molecule has 1 N–H and O–H groups in total. The van der Waals surface area contributed by atoms with Gasteiger partial charge in [0.2, 0.25) is 10.0 Å². The van der Waals surface area contributed by atoms with Crippen LogP contribution in [-0.2, 0) is 16.4 Å². The van der Waals surface area contributed by atoms with Crippen LogP contribution in [0.25, 0.3) is 0 Å². The Balaban J connectivity index is 2.02. The molecule has 0 fully saturated rings. The second-order valence-corrected chi connectivity index (χ2v) is 8.88. The highest BCUT2D eigenvalue weighted by Crippen LogP contribution is 2.34. The van der Waals surface area contributed by atoms with E-state index in [0.717, 1.165) is 29.5 Å². The predicted molar refractivity (Wildman–Crippen MR) is 82.3 cm³/mol. The minimum absolute atomic E-state index is 0.0262. The highest BCUT2D eigenvalue weighted by molar-refractivity contribution is 9.11. The minimum Gasteiger partial charge on any atom is -0.210 e. The van der Waals surface area contributed by atoms with Crippen LogP contribution in [-0.4, -0.2) is 15.0 Å². The lowest BCUT2D eigenvalue weighted by Gasteiger charge is -2.05. The average Bonchev–Trinajstić information content (AvgIpc) is 2.69. The van der Waals surface area contributed by atoms with Crippen molar-refractivity contribution in [2.45, 2.75) is 10.6 Å². The van der Waals surface area contributed by atoms with Crippen molar-refractivity contribution in [1.82, 2.24) is 4.72 Å². The summed E-state index contributed by atoms with van der Waals surface area (Å²) in [5.41, 5.74) is 0.376. The van der Waals surface area contributed by atoms with Gasteiger partial charge in [-0.05, 0) is 46.1 Å². The third kappa shape index (κ3) is 4.46. The molecule has 2 rings (SSSR count). The zero-order valence-electron chi connectivity index (χ0n) is 10.4. The molecular weight excluding hydrogens is 408 g/mol. The first-order valence-electron chi connectivity index (χ1n) is 5.67. The van der Waals surface area contributed by atoms with E-state index in [1.54, 1.807) is 0 Å². The van der Waals surface area contributed by atoms with Crippen molar-refractivity contribution in [3.63, 3.8) is 0 Å². The van der Waals surface area contributed by atoms with Gasteiger partial charge in [0, 0.05) is 12.6 Å². The van der Waals surface area contributed by atoms with Gasteiger partial charge in [-0.25, -0.2) is 21.9 Å². The van der Waals surface area contributed by atoms with E-state index in [4.69, 9.17) is 11.6 Å². The molecule has 1 aromatic carbocycles. The van der Waals surface area contributed by atoms with Gasteiger partial charge in [0.1, 0.15) is 15.8 Å². The van der Waals surface area contributed by atoms with E-state index in [2.05, 4.69) is 20.7 Å². The molecule has 0 radical (unpaired) electrons. The summed E-state index contributed by atoms with van der Waals surface area (Å²) >= 11 is 9.92. The van der Waals surface area contributed by atoms with E-state index in [0.29, 0.717) is 14.4 Å². The Labute approximate surface area is 138 Å². The monoisotopic (exact) mass is 415 g/mol. The minimum atomic E-state index is -3.69. The number of benzene rings is 1. The maximum absolute atomic E-state index is 13.0. The molecule has 114 valence electrons. The van der Waals surface area contributed by atoms with Crippen molar-refractivity contribution in [2.24, 2.45) is 0 Å². The normalized spacial score (nSPS) is 11.8. The summed E-state index contributed by atoms with van der Waals surface area (Å²) in [6.07, 6.45) is 0.175. The summed E-state index contributed by atoms with van der Waals surface area (Å²) in [4.78, 5) is 0. The summed E-state index contributed by atoms with van der Waals surface area (Å²) < 4.78 is 53.0. The Morgan fingerprint density at radius 3 is 2.33 bits per heavy atom. The van der Waals surface area contributed by atoms with Gasteiger partial charge in [-0.3, -0.25) is 0 Å². The van der Waals surface area contributed by atoms with E-state index in [1.807, 2.05) is 0 Å². The van der Waals surface area contributed by atoms with Crippen LogP contribution in [0.4, 0.5) is 8.78 Å². The van der Waals surface area contributed by atoms with Crippen LogP contribution < -0.4 is 4.72 Å². The summed E-state index contributed by atoms with van der Waals surface area (Å²) in [5, 5.41) is 0.313. The molecule has 0 amide bonds. The molecule has 1 heterocycles. The second kappa shape index (κ2) is 6.70. The van der Waals surface area contributed by atoms with Crippen molar-refractivity contribution in [2.75, 3.05) is 6.54 Å². The molecule has 21 heavy (non-hydrogen) atoms. The molecule has 0 atom stereocenters. The van der Waals surface area contributed by atoms with Crippen molar-refractivity contribution in [1.29, 1.82) is 0 Å². The number of nitrogens with one attached hydrogen (secondary N) is 1. The zero-order chi connectivity index (χ0) is 15.6. The van der Waals surface area contributed by atoms with E-state index in [9.17, 15) is 17.2 Å². The summed E-state index contributed by atoms with van der Waals surface area (Å²) in [7, 11) is -3.69. The summed E-state index contributed by atoms with van der Waals surface area (Å²) in [6, 6.07) is 4.42. The zero-order valence-corrected chi connectivity index (χ0v) is 14.3. The first kappa shape index (κ1) is 16.8. The summed E-state index contributed by atoms with van der Waals surface area (Å²) in [6.45, 7) is 0.0262. The second-order valence-electron chi connectivity index (χ2n) is 4.11. The maximum Gasteiger partial charge on any atom is 0.250 e. The molecule has 0 spiro atoms. The van der Waals surface area contributed by atoms with Gasteiger partial charge in [-0.1, -0.05) is 11.6 Å². The van der Waals surface area contributed by atoms with Crippen LogP contribution in [0.3, 0.4) is 0 Å². The average molecular weight is 417 g/mol. The number of rotatable bonds is 5. The van der Waals surface area contributed by atoms with Crippen LogP contribution in [0.1, 0.15) is 5.56 Å². The first-order chi connectivity index (χ1) is 9.78. The largest absolute Gasteiger partial charge is 0.250 e. The van der Waals surface area contributed by atoms with E-state index in [1.165, 1.54) is 6.07 Å². The third-order valence-electron chi connectivity index (χ3n) is 2.52.